The largest absolute Gasteiger partial charge is 0.369 e. The summed E-state index contributed by atoms with van der Waals surface area (Å²) in [5.74, 6) is 2.79. The first-order valence-corrected chi connectivity index (χ1v) is 5.23. The highest BCUT2D eigenvalue weighted by molar-refractivity contribution is 5.12. The summed E-state index contributed by atoms with van der Waals surface area (Å²) in [6.45, 7) is 7.15. The standard InChI is InChI=1S/C11H18O/c1-11(2,3)8-5-6-4-7(8)10-9(6)12-10/h6-10H,4-5H2,1-3H3. The van der Waals surface area contributed by atoms with E-state index in [0.29, 0.717) is 17.6 Å². The van der Waals surface area contributed by atoms with Gasteiger partial charge >= 0.3 is 0 Å². The lowest BCUT2D eigenvalue weighted by Crippen LogP contribution is -2.29. The van der Waals surface area contributed by atoms with Crippen molar-refractivity contribution in [2.75, 3.05) is 0 Å². The van der Waals surface area contributed by atoms with E-state index >= 15 is 0 Å². The molecule has 1 saturated heterocycles. The Morgan fingerprint density at radius 3 is 2.33 bits per heavy atom. The summed E-state index contributed by atoms with van der Waals surface area (Å²) >= 11 is 0. The number of epoxide rings is 1. The molecule has 0 aromatic rings. The van der Waals surface area contributed by atoms with E-state index in [2.05, 4.69) is 20.8 Å². The van der Waals surface area contributed by atoms with Crippen molar-refractivity contribution in [2.45, 2.75) is 45.8 Å². The summed E-state index contributed by atoms with van der Waals surface area (Å²) in [6, 6.07) is 0. The van der Waals surface area contributed by atoms with Crippen molar-refractivity contribution < 1.29 is 4.74 Å². The molecular weight excluding hydrogens is 148 g/mol. The van der Waals surface area contributed by atoms with Crippen LogP contribution in [0, 0.1) is 23.2 Å². The lowest BCUT2D eigenvalue weighted by Gasteiger charge is -2.32. The molecule has 2 aliphatic carbocycles. The van der Waals surface area contributed by atoms with Crippen molar-refractivity contribution in [3.63, 3.8) is 0 Å². The minimum atomic E-state index is 0.510. The van der Waals surface area contributed by atoms with Gasteiger partial charge < -0.3 is 4.74 Å². The van der Waals surface area contributed by atoms with E-state index in [4.69, 9.17) is 4.74 Å². The molecule has 3 fully saturated rings. The topological polar surface area (TPSA) is 12.5 Å². The summed E-state index contributed by atoms with van der Waals surface area (Å²) < 4.78 is 5.67. The van der Waals surface area contributed by atoms with Gasteiger partial charge in [0.2, 0.25) is 0 Å². The van der Waals surface area contributed by atoms with Crippen LogP contribution in [0.5, 0.6) is 0 Å². The molecule has 0 radical (unpaired) electrons. The minimum absolute atomic E-state index is 0.510. The fourth-order valence-corrected chi connectivity index (χ4v) is 3.60. The Kier molecular flexibility index (Phi) is 1.16. The second kappa shape index (κ2) is 1.89. The average Bonchev–Trinajstić information content (AvgIpc) is 2.55. The van der Waals surface area contributed by atoms with Gasteiger partial charge in [-0.1, -0.05) is 20.8 Å². The molecule has 0 N–H and O–H groups in total. The van der Waals surface area contributed by atoms with Crippen LogP contribution in [0.2, 0.25) is 0 Å². The van der Waals surface area contributed by atoms with Gasteiger partial charge in [-0.25, -0.2) is 0 Å². The third-order valence-electron chi connectivity index (χ3n) is 4.21. The Morgan fingerprint density at radius 2 is 1.83 bits per heavy atom. The summed E-state index contributed by atoms with van der Waals surface area (Å²) in [5.41, 5.74) is 0.510. The van der Waals surface area contributed by atoms with Gasteiger partial charge in [-0.2, -0.15) is 0 Å². The van der Waals surface area contributed by atoms with Crippen LogP contribution in [0.4, 0.5) is 0 Å². The predicted molar refractivity (Wildman–Crippen MR) is 47.8 cm³/mol. The van der Waals surface area contributed by atoms with Crippen LogP contribution in [0.15, 0.2) is 0 Å². The molecular formula is C11H18O. The van der Waals surface area contributed by atoms with Crippen LogP contribution in [0.1, 0.15) is 33.6 Å². The molecule has 0 aromatic heterocycles. The number of rotatable bonds is 0. The minimum Gasteiger partial charge on any atom is -0.369 e. The molecule has 0 amide bonds. The van der Waals surface area contributed by atoms with Crippen LogP contribution in [0.3, 0.4) is 0 Å². The van der Waals surface area contributed by atoms with Crippen molar-refractivity contribution in [3.05, 3.63) is 0 Å². The van der Waals surface area contributed by atoms with Crippen molar-refractivity contribution >= 4 is 0 Å². The highest BCUT2D eigenvalue weighted by Gasteiger charge is 2.64. The molecule has 0 aromatic carbocycles. The Balaban J connectivity index is 1.84. The maximum absolute atomic E-state index is 5.67. The van der Waals surface area contributed by atoms with E-state index in [9.17, 15) is 0 Å². The molecule has 5 atom stereocenters. The summed E-state index contributed by atoms with van der Waals surface area (Å²) in [4.78, 5) is 0. The van der Waals surface area contributed by atoms with Crippen LogP contribution >= 0.6 is 0 Å². The quantitative estimate of drug-likeness (QED) is 0.504. The molecule has 1 heteroatoms. The Labute approximate surface area is 74.5 Å². The molecule has 3 rings (SSSR count). The number of ether oxygens (including phenoxy) is 1. The maximum Gasteiger partial charge on any atom is 0.0875 e. The van der Waals surface area contributed by atoms with Gasteiger partial charge in [-0.3, -0.25) is 0 Å². The Morgan fingerprint density at radius 1 is 1.08 bits per heavy atom. The van der Waals surface area contributed by atoms with Crippen molar-refractivity contribution in [1.29, 1.82) is 0 Å². The first-order valence-electron chi connectivity index (χ1n) is 5.23. The van der Waals surface area contributed by atoms with Crippen LogP contribution in [-0.2, 0) is 4.74 Å². The molecule has 1 heterocycles. The number of hydrogen-bond acceptors (Lipinski definition) is 1. The summed E-state index contributed by atoms with van der Waals surface area (Å²) in [5, 5.41) is 0. The highest BCUT2D eigenvalue weighted by Crippen LogP contribution is 2.62. The van der Waals surface area contributed by atoms with E-state index in [1.165, 1.54) is 12.8 Å². The zero-order valence-electron chi connectivity index (χ0n) is 8.21. The lowest BCUT2D eigenvalue weighted by molar-refractivity contribution is 0.158. The molecule has 1 nitrogen and oxygen atoms in total. The van der Waals surface area contributed by atoms with E-state index in [-0.39, 0.29) is 0 Å². The molecule has 2 bridgehead atoms. The van der Waals surface area contributed by atoms with Gasteiger partial charge in [0.1, 0.15) is 0 Å². The van der Waals surface area contributed by atoms with Crippen molar-refractivity contribution in [3.8, 4) is 0 Å². The normalized spacial score (nSPS) is 55.8. The van der Waals surface area contributed by atoms with E-state index in [0.717, 1.165) is 17.8 Å². The second-order valence-electron chi connectivity index (χ2n) is 5.93. The highest BCUT2D eigenvalue weighted by atomic mass is 16.6. The van der Waals surface area contributed by atoms with E-state index in [1.54, 1.807) is 0 Å². The number of hydrogen-bond donors (Lipinski definition) is 0. The molecule has 2 saturated carbocycles. The molecule has 0 spiro atoms. The third kappa shape index (κ3) is 0.783. The third-order valence-corrected chi connectivity index (χ3v) is 4.21. The lowest BCUT2D eigenvalue weighted by atomic mass is 9.72. The van der Waals surface area contributed by atoms with Crippen LogP contribution in [-0.4, -0.2) is 12.2 Å². The fraction of sp³-hybridized carbons (Fsp3) is 1.00. The van der Waals surface area contributed by atoms with Crippen molar-refractivity contribution in [2.24, 2.45) is 23.2 Å². The van der Waals surface area contributed by atoms with Gasteiger partial charge in [-0.15, -0.1) is 0 Å². The predicted octanol–water partition coefficient (Wildman–Crippen LogP) is 2.46. The summed E-state index contributed by atoms with van der Waals surface area (Å²) in [7, 11) is 0. The maximum atomic E-state index is 5.67. The van der Waals surface area contributed by atoms with E-state index in [1.807, 2.05) is 0 Å². The van der Waals surface area contributed by atoms with Crippen molar-refractivity contribution in [1.82, 2.24) is 0 Å². The average molecular weight is 166 g/mol. The smallest absolute Gasteiger partial charge is 0.0875 e. The molecule has 68 valence electrons. The van der Waals surface area contributed by atoms with Gasteiger partial charge in [0.15, 0.2) is 0 Å². The zero-order valence-corrected chi connectivity index (χ0v) is 8.21. The first-order chi connectivity index (χ1) is 5.57. The van der Waals surface area contributed by atoms with Crippen LogP contribution in [0.25, 0.3) is 0 Å². The monoisotopic (exact) mass is 166 g/mol. The SMILES string of the molecule is CC(C)(C)C1CC2CC1C1OC21. The van der Waals surface area contributed by atoms with Gasteiger partial charge in [0.25, 0.3) is 0 Å². The second-order valence-corrected chi connectivity index (χ2v) is 5.93. The molecule has 3 aliphatic rings. The first kappa shape index (κ1) is 7.37. The van der Waals surface area contributed by atoms with Gasteiger partial charge in [-0.05, 0) is 36.0 Å². The fourth-order valence-electron chi connectivity index (χ4n) is 3.60. The molecule has 5 unspecified atom stereocenters. The molecule has 1 aliphatic heterocycles. The van der Waals surface area contributed by atoms with Gasteiger partial charge in [0.05, 0.1) is 12.2 Å². The number of fused-ring (bicyclic) bond motifs is 5. The zero-order chi connectivity index (χ0) is 8.51. The Bertz CT molecular complexity index is 216. The van der Waals surface area contributed by atoms with Gasteiger partial charge in [0, 0.05) is 0 Å². The summed E-state index contributed by atoms with van der Waals surface area (Å²) in [6.07, 6.45) is 4.30. The van der Waals surface area contributed by atoms with Crippen LogP contribution < -0.4 is 0 Å². The van der Waals surface area contributed by atoms with E-state index < -0.39 is 0 Å². The Hall–Kier alpha value is -0.0400. The molecule has 12 heavy (non-hydrogen) atoms.